The highest BCUT2D eigenvalue weighted by molar-refractivity contribution is 6.76. The SMILES string of the molecule is COC(=O)C1(CC(C)O[Si](C)(C(NC(=O)OCc2ccccc2)OC(C)(C)C)C(C)(C)C)COC(C)(C)O1. The normalized spacial score (nSPS) is 22.7. The first-order chi connectivity index (χ1) is 17.3. The van der Waals surface area contributed by atoms with E-state index >= 15 is 0 Å². The van der Waals surface area contributed by atoms with Crippen LogP contribution in [0.15, 0.2) is 30.3 Å². The van der Waals surface area contributed by atoms with Crippen molar-refractivity contribution in [2.75, 3.05) is 13.7 Å². The minimum atomic E-state index is -2.99. The standard InChI is InChI=1S/C28H47NO8Si/c1-20(17-28(22(30)32-10)19-34-27(8,9)37-28)36-38(11,26(5,6)7)24(35-25(2,3)4)29-23(31)33-18-21-15-13-12-14-16-21/h12-16,20,24H,17-19H2,1-11H3,(H,29,31). The highest BCUT2D eigenvalue weighted by atomic mass is 28.4. The van der Waals surface area contributed by atoms with Crippen LogP contribution in [-0.2, 0) is 39.5 Å². The molecule has 0 radical (unpaired) electrons. The maximum atomic E-state index is 13.0. The summed E-state index contributed by atoms with van der Waals surface area (Å²) in [5.74, 6) is -2.19. The number of nitrogens with one attached hydrogen (secondary N) is 1. The van der Waals surface area contributed by atoms with Gasteiger partial charge in [0, 0.05) is 12.5 Å². The maximum absolute atomic E-state index is 13.0. The Morgan fingerprint density at radius 3 is 2.18 bits per heavy atom. The second-order valence-corrected chi connectivity index (χ2v) is 17.1. The van der Waals surface area contributed by atoms with Gasteiger partial charge in [0.25, 0.3) is 0 Å². The van der Waals surface area contributed by atoms with Crippen molar-refractivity contribution in [1.29, 1.82) is 0 Å². The summed E-state index contributed by atoms with van der Waals surface area (Å²) in [6, 6.07) is 9.47. The van der Waals surface area contributed by atoms with Crippen LogP contribution in [0.2, 0.25) is 11.6 Å². The number of carbonyl (C=O) groups is 2. The number of carbonyl (C=O) groups excluding carboxylic acids is 2. The van der Waals surface area contributed by atoms with Gasteiger partial charge in [-0.3, -0.25) is 5.32 Å². The number of esters is 1. The number of amides is 1. The Bertz CT molecular complexity index is 942. The Hall–Kier alpha value is -1.98. The number of alkyl carbamates (subject to hydrolysis) is 1. The molecule has 1 aliphatic rings. The van der Waals surface area contributed by atoms with Gasteiger partial charge in [0.15, 0.2) is 11.4 Å². The zero-order valence-corrected chi connectivity index (χ0v) is 25.9. The molecule has 0 saturated carbocycles. The summed E-state index contributed by atoms with van der Waals surface area (Å²) >= 11 is 0. The van der Waals surface area contributed by atoms with Crippen molar-refractivity contribution >= 4 is 20.4 Å². The van der Waals surface area contributed by atoms with Gasteiger partial charge in [0.2, 0.25) is 8.32 Å². The number of benzene rings is 1. The molecule has 0 aliphatic carbocycles. The Morgan fingerprint density at radius 1 is 1.11 bits per heavy atom. The average molecular weight is 554 g/mol. The van der Waals surface area contributed by atoms with Gasteiger partial charge in [0.05, 0.1) is 19.3 Å². The van der Waals surface area contributed by atoms with Crippen LogP contribution in [0.3, 0.4) is 0 Å². The quantitative estimate of drug-likeness (QED) is 0.232. The van der Waals surface area contributed by atoms with E-state index in [1.54, 1.807) is 13.8 Å². The lowest BCUT2D eigenvalue weighted by Crippen LogP contribution is -2.65. The number of ether oxygens (including phenoxy) is 5. The average Bonchev–Trinajstić information content (AvgIpc) is 3.10. The molecule has 1 saturated heterocycles. The van der Waals surface area contributed by atoms with E-state index in [0.29, 0.717) is 0 Å². The van der Waals surface area contributed by atoms with Crippen LogP contribution in [0.4, 0.5) is 4.79 Å². The molecule has 9 nitrogen and oxygen atoms in total. The molecule has 1 aromatic carbocycles. The summed E-state index contributed by atoms with van der Waals surface area (Å²) in [7, 11) is -1.66. The topological polar surface area (TPSA) is 102 Å². The Kier molecular flexibility index (Phi) is 10.2. The van der Waals surface area contributed by atoms with E-state index in [1.165, 1.54) is 7.11 Å². The molecule has 216 valence electrons. The molecular weight excluding hydrogens is 506 g/mol. The highest BCUT2D eigenvalue weighted by Crippen LogP contribution is 2.43. The van der Waals surface area contributed by atoms with Crippen molar-refractivity contribution < 1.29 is 37.7 Å². The third-order valence-electron chi connectivity index (χ3n) is 6.64. The van der Waals surface area contributed by atoms with Gasteiger partial charge in [-0.05, 0) is 58.7 Å². The molecule has 4 unspecified atom stereocenters. The summed E-state index contributed by atoms with van der Waals surface area (Å²) in [5.41, 5.74) is -0.998. The maximum Gasteiger partial charge on any atom is 0.409 e. The van der Waals surface area contributed by atoms with Crippen LogP contribution in [-0.4, -0.2) is 63.0 Å². The molecule has 1 fully saturated rings. The highest BCUT2D eigenvalue weighted by Gasteiger charge is 2.56. The van der Waals surface area contributed by atoms with Gasteiger partial charge in [-0.15, -0.1) is 0 Å². The minimum Gasteiger partial charge on any atom is -0.467 e. The van der Waals surface area contributed by atoms with Crippen LogP contribution in [0.5, 0.6) is 0 Å². The van der Waals surface area contributed by atoms with E-state index in [0.717, 1.165) is 5.56 Å². The Morgan fingerprint density at radius 2 is 1.71 bits per heavy atom. The Labute approximate surface area is 229 Å². The molecule has 0 bridgehead atoms. The first kappa shape index (κ1) is 32.2. The van der Waals surface area contributed by atoms with E-state index < -0.39 is 49.3 Å². The number of hydrogen-bond acceptors (Lipinski definition) is 8. The van der Waals surface area contributed by atoms with Crippen LogP contribution >= 0.6 is 0 Å². The lowest BCUT2D eigenvalue weighted by Gasteiger charge is -2.47. The molecule has 1 N–H and O–H groups in total. The van der Waals surface area contributed by atoms with E-state index in [2.05, 4.69) is 26.1 Å². The first-order valence-corrected chi connectivity index (χ1v) is 15.6. The zero-order valence-electron chi connectivity index (χ0n) is 24.9. The van der Waals surface area contributed by atoms with Crippen LogP contribution in [0.25, 0.3) is 0 Å². The summed E-state index contributed by atoms with van der Waals surface area (Å²) in [5, 5.41) is 2.57. The molecular formula is C28H47NO8Si. The molecule has 0 spiro atoms. The zero-order chi connectivity index (χ0) is 29.0. The van der Waals surface area contributed by atoms with Crippen molar-refractivity contribution in [2.45, 2.75) is 116 Å². The van der Waals surface area contributed by atoms with Gasteiger partial charge in [0.1, 0.15) is 12.5 Å². The van der Waals surface area contributed by atoms with Crippen LogP contribution in [0.1, 0.15) is 74.3 Å². The Balaban J connectivity index is 2.30. The number of rotatable bonds is 10. The van der Waals surface area contributed by atoms with E-state index in [4.69, 9.17) is 28.1 Å². The van der Waals surface area contributed by atoms with Crippen molar-refractivity contribution in [2.24, 2.45) is 0 Å². The van der Waals surface area contributed by atoms with Crippen molar-refractivity contribution in [1.82, 2.24) is 5.32 Å². The summed E-state index contributed by atoms with van der Waals surface area (Å²) in [6.45, 7) is 19.6. The molecule has 1 amide bonds. The third kappa shape index (κ3) is 8.51. The lowest BCUT2D eigenvalue weighted by atomic mass is 9.98. The molecule has 4 atom stereocenters. The molecule has 38 heavy (non-hydrogen) atoms. The number of hydrogen-bond donors (Lipinski definition) is 1. The van der Waals surface area contributed by atoms with E-state index in [1.807, 2.05) is 64.6 Å². The second-order valence-electron chi connectivity index (χ2n) is 12.6. The van der Waals surface area contributed by atoms with Crippen LogP contribution in [0, 0.1) is 0 Å². The van der Waals surface area contributed by atoms with E-state index in [-0.39, 0.29) is 24.7 Å². The minimum absolute atomic E-state index is 0.0557. The predicted molar refractivity (Wildman–Crippen MR) is 147 cm³/mol. The molecule has 2 rings (SSSR count). The fourth-order valence-corrected chi connectivity index (χ4v) is 7.51. The van der Waals surface area contributed by atoms with Gasteiger partial charge < -0.3 is 28.1 Å². The molecule has 0 aromatic heterocycles. The monoisotopic (exact) mass is 553 g/mol. The lowest BCUT2D eigenvalue weighted by molar-refractivity contribution is -0.191. The van der Waals surface area contributed by atoms with Crippen molar-refractivity contribution in [3.63, 3.8) is 0 Å². The van der Waals surface area contributed by atoms with E-state index in [9.17, 15) is 9.59 Å². The first-order valence-electron chi connectivity index (χ1n) is 13.1. The number of methoxy groups -OCH3 is 1. The summed E-state index contributed by atoms with van der Waals surface area (Å²) in [6.07, 6.45) is -0.832. The summed E-state index contributed by atoms with van der Waals surface area (Å²) < 4.78 is 35.6. The van der Waals surface area contributed by atoms with Crippen molar-refractivity contribution in [3.05, 3.63) is 35.9 Å². The smallest absolute Gasteiger partial charge is 0.409 e. The summed E-state index contributed by atoms with van der Waals surface area (Å²) in [4.78, 5) is 25.8. The predicted octanol–water partition coefficient (Wildman–Crippen LogP) is 5.46. The third-order valence-corrected chi connectivity index (χ3v) is 11.8. The molecule has 1 heterocycles. The largest absolute Gasteiger partial charge is 0.467 e. The van der Waals surface area contributed by atoms with Gasteiger partial charge in [-0.25, -0.2) is 9.59 Å². The second kappa shape index (κ2) is 12.0. The van der Waals surface area contributed by atoms with Gasteiger partial charge in [-0.1, -0.05) is 51.1 Å². The molecule has 10 heteroatoms. The fraction of sp³-hybridized carbons (Fsp3) is 0.714. The molecule has 1 aromatic rings. The fourth-order valence-electron chi connectivity index (χ4n) is 4.35. The van der Waals surface area contributed by atoms with Crippen LogP contribution < -0.4 is 5.32 Å². The van der Waals surface area contributed by atoms with Crippen molar-refractivity contribution in [3.8, 4) is 0 Å². The molecule has 1 aliphatic heterocycles. The van der Waals surface area contributed by atoms with Gasteiger partial charge >= 0.3 is 12.1 Å². The van der Waals surface area contributed by atoms with Gasteiger partial charge in [-0.2, -0.15) is 0 Å².